The van der Waals surface area contributed by atoms with Gasteiger partial charge in [-0.05, 0) is 39.3 Å². The maximum Gasteiger partial charge on any atom is -0.00117 e. The Labute approximate surface area is 77.2 Å². The Morgan fingerprint density at radius 3 is 2.50 bits per heavy atom. The summed E-state index contributed by atoms with van der Waals surface area (Å²) in [5.74, 6) is 0. The van der Waals surface area contributed by atoms with Crippen LogP contribution in [0.1, 0.15) is 46.5 Å². The molecule has 72 valence electrons. The molecular weight excluding hydrogens is 146 g/mol. The van der Waals surface area contributed by atoms with Crippen LogP contribution < -0.4 is 5.32 Å². The molecule has 0 aromatic rings. The predicted octanol–water partition coefficient (Wildman–Crippen LogP) is 3.12. The van der Waals surface area contributed by atoms with E-state index in [1.807, 2.05) is 0 Å². The first-order chi connectivity index (χ1) is 5.81. The molecule has 0 aromatic carbocycles. The summed E-state index contributed by atoms with van der Waals surface area (Å²) < 4.78 is 0. The van der Waals surface area contributed by atoms with Crippen molar-refractivity contribution in [1.82, 2.24) is 5.32 Å². The fraction of sp³-hybridized carbons (Fsp3) is 0.818. The topological polar surface area (TPSA) is 12.0 Å². The van der Waals surface area contributed by atoms with Crippen molar-refractivity contribution in [1.29, 1.82) is 0 Å². The summed E-state index contributed by atoms with van der Waals surface area (Å²) in [4.78, 5) is 0. The molecule has 12 heavy (non-hydrogen) atoms. The van der Waals surface area contributed by atoms with E-state index in [0.717, 1.165) is 13.1 Å². The van der Waals surface area contributed by atoms with Gasteiger partial charge in [0.25, 0.3) is 0 Å². The Balaban J connectivity index is 3.24. The van der Waals surface area contributed by atoms with Crippen molar-refractivity contribution >= 4 is 0 Å². The normalized spacial score (nSPS) is 12.1. The van der Waals surface area contributed by atoms with Crippen molar-refractivity contribution in [2.45, 2.75) is 46.5 Å². The van der Waals surface area contributed by atoms with Crippen molar-refractivity contribution < 1.29 is 0 Å². The van der Waals surface area contributed by atoms with Gasteiger partial charge in [-0.3, -0.25) is 0 Å². The molecule has 0 atom stereocenters. The third-order valence-corrected chi connectivity index (χ3v) is 1.90. The highest BCUT2D eigenvalue weighted by Crippen LogP contribution is 2.01. The molecule has 0 saturated carbocycles. The molecule has 0 spiro atoms. The number of allylic oxidation sites excluding steroid dienone is 1. The fourth-order valence-electron chi connectivity index (χ4n) is 1.08. The lowest BCUT2D eigenvalue weighted by molar-refractivity contribution is 0.667. The standard InChI is InChI=1S/C11H23N/c1-4-6-7-11(3)8-10-12-9-5-2/h7,12H,4-6,8-10H2,1-3H3/b11-7+. The van der Waals surface area contributed by atoms with Gasteiger partial charge in [0.2, 0.25) is 0 Å². The van der Waals surface area contributed by atoms with Gasteiger partial charge in [-0.2, -0.15) is 0 Å². The zero-order chi connectivity index (χ0) is 9.23. The molecular formula is C11H23N. The second kappa shape index (κ2) is 8.79. The van der Waals surface area contributed by atoms with Crippen LogP contribution in [0.3, 0.4) is 0 Å². The predicted molar refractivity (Wildman–Crippen MR) is 56.4 cm³/mol. The van der Waals surface area contributed by atoms with Gasteiger partial charge in [-0.25, -0.2) is 0 Å². The van der Waals surface area contributed by atoms with Gasteiger partial charge in [-0.15, -0.1) is 0 Å². The van der Waals surface area contributed by atoms with Gasteiger partial charge in [-0.1, -0.05) is 31.9 Å². The van der Waals surface area contributed by atoms with Crippen LogP contribution in [-0.2, 0) is 0 Å². The first-order valence-corrected chi connectivity index (χ1v) is 5.17. The minimum absolute atomic E-state index is 1.14. The molecule has 0 rings (SSSR count). The molecule has 0 fully saturated rings. The van der Waals surface area contributed by atoms with Crippen LogP contribution in [0.4, 0.5) is 0 Å². The van der Waals surface area contributed by atoms with Crippen molar-refractivity contribution in [3.8, 4) is 0 Å². The van der Waals surface area contributed by atoms with Crippen LogP contribution in [0, 0.1) is 0 Å². The van der Waals surface area contributed by atoms with Crippen molar-refractivity contribution in [2.24, 2.45) is 0 Å². The Bertz CT molecular complexity index is 116. The zero-order valence-corrected chi connectivity index (χ0v) is 8.82. The highest BCUT2D eigenvalue weighted by Gasteiger charge is 1.88. The van der Waals surface area contributed by atoms with Gasteiger partial charge in [0.05, 0.1) is 0 Å². The molecule has 0 saturated heterocycles. The lowest BCUT2D eigenvalue weighted by atomic mass is 10.1. The van der Waals surface area contributed by atoms with Crippen molar-refractivity contribution in [3.05, 3.63) is 11.6 Å². The molecule has 0 aliphatic carbocycles. The Morgan fingerprint density at radius 2 is 1.92 bits per heavy atom. The minimum Gasteiger partial charge on any atom is -0.316 e. The Kier molecular flexibility index (Phi) is 8.57. The summed E-state index contributed by atoms with van der Waals surface area (Å²) in [5, 5.41) is 3.40. The summed E-state index contributed by atoms with van der Waals surface area (Å²) in [6.45, 7) is 8.94. The van der Waals surface area contributed by atoms with E-state index in [4.69, 9.17) is 0 Å². The summed E-state index contributed by atoms with van der Waals surface area (Å²) >= 11 is 0. The van der Waals surface area contributed by atoms with Gasteiger partial charge < -0.3 is 5.32 Å². The highest BCUT2D eigenvalue weighted by atomic mass is 14.8. The molecule has 0 unspecified atom stereocenters. The van der Waals surface area contributed by atoms with Crippen LogP contribution in [0.5, 0.6) is 0 Å². The Hall–Kier alpha value is -0.300. The average Bonchev–Trinajstić information content (AvgIpc) is 2.09. The van der Waals surface area contributed by atoms with E-state index < -0.39 is 0 Å². The lowest BCUT2D eigenvalue weighted by Gasteiger charge is -2.02. The second-order valence-corrected chi connectivity index (χ2v) is 3.34. The monoisotopic (exact) mass is 169 g/mol. The minimum atomic E-state index is 1.14. The molecule has 0 amide bonds. The van der Waals surface area contributed by atoms with E-state index in [1.165, 1.54) is 31.3 Å². The molecule has 0 aliphatic heterocycles. The third-order valence-electron chi connectivity index (χ3n) is 1.90. The quantitative estimate of drug-likeness (QED) is 0.456. The molecule has 0 heterocycles. The van der Waals surface area contributed by atoms with E-state index >= 15 is 0 Å². The number of nitrogens with one attached hydrogen (secondary N) is 1. The van der Waals surface area contributed by atoms with E-state index in [0.29, 0.717) is 0 Å². The molecule has 0 aliphatic rings. The van der Waals surface area contributed by atoms with Crippen LogP contribution in [-0.4, -0.2) is 13.1 Å². The first kappa shape index (κ1) is 11.7. The average molecular weight is 169 g/mol. The van der Waals surface area contributed by atoms with Crippen LogP contribution >= 0.6 is 0 Å². The smallest absolute Gasteiger partial charge is 0.00117 e. The van der Waals surface area contributed by atoms with E-state index in [1.54, 1.807) is 0 Å². The van der Waals surface area contributed by atoms with Crippen LogP contribution in [0.25, 0.3) is 0 Å². The van der Waals surface area contributed by atoms with E-state index in [9.17, 15) is 0 Å². The van der Waals surface area contributed by atoms with E-state index in [-0.39, 0.29) is 0 Å². The highest BCUT2D eigenvalue weighted by molar-refractivity contribution is 4.97. The molecule has 0 bridgehead atoms. The number of hydrogen-bond acceptors (Lipinski definition) is 1. The van der Waals surface area contributed by atoms with Gasteiger partial charge in [0.15, 0.2) is 0 Å². The Morgan fingerprint density at radius 1 is 1.17 bits per heavy atom. The summed E-state index contributed by atoms with van der Waals surface area (Å²) in [6, 6.07) is 0. The van der Waals surface area contributed by atoms with Gasteiger partial charge in [0.1, 0.15) is 0 Å². The molecule has 1 N–H and O–H groups in total. The van der Waals surface area contributed by atoms with Crippen LogP contribution in [0.15, 0.2) is 11.6 Å². The fourth-order valence-corrected chi connectivity index (χ4v) is 1.08. The molecule has 0 radical (unpaired) electrons. The summed E-state index contributed by atoms with van der Waals surface area (Å²) in [6.07, 6.45) is 7.30. The number of unbranched alkanes of at least 4 members (excludes halogenated alkanes) is 1. The maximum absolute atomic E-state index is 3.40. The molecule has 1 nitrogen and oxygen atoms in total. The molecule has 1 heteroatoms. The first-order valence-electron chi connectivity index (χ1n) is 5.17. The largest absolute Gasteiger partial charge is 0.316 e. The van der Waals surface area contributed by atoms with E-state index in [2.05, 4.69) is 32.2 Å². The maximum atomic E-state index is 3.40. The number of hydrogen-bond donors (Lipinski definition) is 1. The third kappa shape index (κ3) is 7.80. The van der Waals surface area contributed by atoms with Crippen LogP contribution in [0.2, 0.25) is 0 Å². The zero-order valence-electron chi connectivity index (χ0n) is 8.82. The van der Waals surface area contributed by atoms with Crippen molar-refractivity contribution in [3.63, 3.8) is 0 Å². The van der Waals surface area contributed by atoms with Gasteiger partial charge >= 0.3 is 0 Å². The summed E-state index contributed by atoms with van der Waals surface area (Å²) in [7, 11) is 0. The van der Waals surface area contributed by atoms with Gasteiger partial charge in [0, 0.05) is 0 Å². The van der Waals surface area contributed by atoms with Crippen molar-refractivity contribution in [2.75, 3.05) is 13.1 Å². The molecule has 0 aromatic heterocycles. The second-order valence-electron chi connectivity index (χ2n) is 3.34. The SMILES string of the molecule is CCC/C=C(\C)CCNCCC. The summed E-state index contributed by atoms with van der Waals surface area (Å²) in [5.41, 5.74) is 1.53. The lowest BCUT2D eigenvalue weighted by Crippen LogP contribution is -2.15. The number of rotatable bonds is 7.